The van der Waals surface area contributed by atoms with E-state index in [1.165, 1.54) is 12.8 Å². The van der Waals surface area contributed by atoms with Crippen molar-refractivity contribution in [3.63, 3.8) is 0 Å². The molecular weight excluding hydrogens is 198 g/mol. The molecular formula is C12H26F2O. The van der Waals surface area contributed by atoms with Gasteiger partial charge < -0.3 is 4.74 Å². The third-order valence-electron chi connectivity index (χ3n) is 2.07. The molecule has 0 aromatic rings. The van der Waals surface area contributed by atoms with Crippen LogP contribution in [0.5, 0.6) is 0 Å². The summed E-state index contributed by atoms with van der Waals surface area (Å²) in [6.07, 6.45) is 4.35. The molecule has 0 fully saturated rings. The highest BCUT2D eigenvalue weighted by Gasteiger charge is 2.18. The fourth-order valence-electron chi connectivity index (χ4n) is 1.01. The lowest BCUT2D eigenvalue weighted by molar-refractivity contribution is 0.0108. The molecule has 0 heterocycles. The molecule has 0 saturated carbocycles. The van der Waals surface area contributed by atoms with Crippen LogP contribution < -0.4 is 0 Å². The first-order valence-corrected chi connectivity index (χ1v) is 5.78. The zero-order valence-corrected chi connectivity index (χ0v) is 10.8. The second kappa shape index (κ2) is 10.3. The number of hydrogen-bond acceptors (Lipinski definition) is 1. The van der Waals surface area contributed by atoms with E-state index in [0.29, 0.717) is 12.5 Å². The van der Waals surface area contributed by atoms with Gasteiger partial charge in [-0.1, -0.05) is 26.7 Å². The van der Waals surface area contributed by atoms with E-state index >= 15 is 0 Å². The van der Waals surface area contributed by atoms with Crippen molar-refractivity contribution in [3.05, 3.63) is 0 Å². The number of methoxy groups -OCH3 is 1. The highest BCUT2D eigenvalue weighted by Crippen LogP contribution is 2.18. The molecule has 1 atom stereocenters. The zero-order valence-electron chi connectivity index (χ0n) is 10.8. The fourth-order valence-corrected chi connectivity index (χ4v) is 1.01. The average molecular weight is 224 g/mol. The first kappa shape index (κ1) is 17.2. The predicted molar refractivity (Wildman–Crippen MR) is 61.5 cm³/mol. The lowest BCUT2D eigenvalue weighted by atomic mass is 10.2. The molecule has 0 aliphatic heterocycles. The van der Waals surface area contributed by atoms with E-state index in [1.54, 1.807) is 7.11 Å². The van der Waals surface area contributed by atoms with E-state index in [4.69, 9.17) is 4.74 Å². The predicted octanol–water partition coefficient (Wildman–Crippen LogP) is 4.65. The van der Waals surface area contributed by atoms with Gasteiger partial charge in [0.25, 0.3) is 0 Å². The molecule has 1 nitrogen and oxygen atoms in total. The van der Waals surface area contributed by atoms with Crippen molar-refractivity contribution in [3.8, 4) is 0 Å². The minimum absolute atomic E-state index is 0.0312. The Morgan fingerprint density at radius 3 is 1.87 bits per heavy atom. The maximum atomic E-state index is 11.9. The van der Waals surface area contributed by atoms with Gasteiger partial charge in [-0.25, -0.2) is 8.78 Å². The Balaban J connectivity index is 0. The van der Waals surface area contributed by atoms with Crippen LogP contribution in [0.1, 0.15) is 59.8 Å². The SMILES string of the molecule is CCCC(C)OC.CCCCC(C)(F)F. The summed E-state index contributed by atoms with van der Waals surface area (Å²) in [6, 6.07) is 0. The summed E-state index contributed by atoms with van der Waals surface area (Å²) in [5.41, 5.74) is 0. The van der Waals surface area contributed by atoms with Crippen molar-refractivity contribution in [1.29, 1.82) is 0 Å². The lowest BCUT2D eigenvalue weighted by Gasteiger charge is -2.06. The molecule has 0 aliphatic carbocycles. The van der Waals surface area contributed by atoms with Gasteiger partial charge in [-0.3, -0.25) is 0 Å². The van der Waals surface area contributed by atoms with Gasteiger partial charge in [-0.2, -0.15) is 0 Å². The third kappa shape index (κ3) is 20.0. The molecule has 0 aromatic carbocycles. The van der Waals surface area contributed by atoms with Crippen LogP contribution in [0.3, 0.4) is 0 Å². The first-order chi connectivity index (χ1) is 6.87. The topological polar surface area (TPSA) is 9.23 Å². The van der Waals surface area contributed by atoms with Crippen LogP contribution in [0, 0.1) is 0 Å². The Morgan fingerprint density at radius 2 is 1.73 bits per heavy atom. The fraction of sp³-hybridized carbons (Fsp3) is 1.00. The minimum Gasteiger partial charge on any atom is -0.382 e. The first-order valence-electron chi connectivity index (χ1n) is 5.78. The van der Waals surface area contributed by atoms with Gasteiger partial charge in [0.15, 0.2) is 0 Å². The normalized spacial score (nSPS) is 13.0. The van der Waals surface area contributed by atoms with Gasteiger partial charge >= 0.3 is 0 Å². The Hall–Kier alpha value is -0.180. The number of hydrogen-bond donors (Lipinski definition) is 0. The Bertz CT molecular complexity index is 121. The van der Waals surface area contributed by atoms with Gasteiger partial charge in [-0.15, -0.1) is 0 Å². The van der Waals surface area contributed by atoms with E-state index < -0.39 is 5.92 Å². The Morgan fingerprint density at radius 1 is 1.20 bits per heavy atom. The van der Waals surface area contributed by atoms with Gasteiger partial charge in [0.2, 0.25) is 5.92 Å². The van der Waals surface area contributed by atoms with E-state index in [1.807, 2.05) is 6.92 Å². The summed E-state index contributed by atoms with van der Waals surface area (Å²) in [5, 5.41) is 0. The van der Waals surface area contributed by atoms with Gasteiger partial charge in [0.1, 0.15) is 0 Å². The molecule has 0 bridgehead atoms. The lowest BCUT2D eigenvalue weighted by Crippen LogP contribution is -2.07. The quantitative estimate of drug-likeness (QED) is 0.638. The molecule has 0 radical (unpaired) electrons. The van der Waals surface area contributed by atoms with Crippen LogP contribution >= 0.6 is 0 Å². The average Bonchev–Trinajstić information content (AvgIpc) is 2.15. The monoisotopic (exact) mass is 224 g/mol. The number of ether oxygens (including phenoxy) is 1. The van der Waals surface area contributed by atoms with Crippen LogP contribution in [-0.4, -0.2) is 19.1 Å². The molecule has 0 aromatic heterocycles. The zero-order chi connectivity index (χ0) is 12.3. The second-order valence-electron chi connectivity index (χ2n) is 4.01. The molecule has 0 rings (SSSR count). The van der Waals surface area contributed by atoms with Crippen molar-refractivity contribution in [2.24, 2.45) is 0 Å². The van der Waals surface area contributed by atoms with E-state index in [0.717, 1.165) is 13.3 Å². The summed E-state index contributed by atoms with van der Waals surface area (Å²) >= 11 is 0. The number of unbranched alkanes of at least 4 members (excludes halogenated alkanes) is 1. The summed E-state index contributed by atoms with van der Waals surface area (Å²) in [5.74, 6) is -2.45. The van der Waals surface area contributed by atoms with Crippen LogP contribution in [0.2, 0.25) is 0 Å². The number of halogens is 2. The molecule has 1 unspecified atom stereocenters. The summed E-state index contributed by atoms with van der Waals surface area (Å²) in [6.45, 7) is 7.12. The molecule has 15 heavy (non-hydrogen) atoms. The maximum absolute atomic E-state index is 11.9. The Labute approximate surface area is 93.2 Å². The van der Waals surface area contributed by atoms with Gasteiger partial charge in [-0.05, 0) is 26.7 Å². The third-order valence-corrected chi connectivity index (χ3v) is 2.07. The highest BCUT2D eigenvalue weighted by molar-refractivity contribution is 4.55. The van der Waals surface area contributed by atoms with Crippen molar-refractivity contribution in [1.82, 2.24) is 0 Å². The Kier molecular flexibility index (Phi) is 11.9. The standard InChI is InChI=1S/C6H12F2.C6H14O/c1-3-4-5-6(2,7)8;1-4-5-6(2)7-3/h3-5H2,1-2H3;6H,4-5H2,1-3H3. The highest BCUT2D eigenvalue weighted by atomic mass is 19.3. The van der Waals surface area contributed by atoms with Gasteiger partial charge in [0, 0.05) is 13.5 Å². The molecule has 0 saturated heterocycles. The van der Waals surface area contributed by atoms with Crippen LogP contribution in [0.15, 0.2) is 0 Å². The smallest absolute Gasteiger partial charge is 0.245 e. The number of rotatable bonds is 6. The minimum atomic E-state index is -2.45. The molecule has 0 amide bonds. The van der Waals surface area contributed by atoms with E-state index in [2.05, 4.69) is 13.8 Å². The number of alkyl halides is 2. The molecule has 0 N–H and O–H groups in total. The van der Waals surface area contributed by atoms with E-state index in [-0.39, 0.29) is 6.42 Å². The van der Waals surface area contributed by atoms with Crippen molar-refractivity contribution < 1.29 is 13.5 Å². The second-order valence-corrected chi connectivity index (χ2v) is 4.01. The molecule has 0 aliphatic rings. The van der Waals surface area contributed by atoms with Crippen molar-refractivity contribution in [2.75, 3.05) is 7.11 Å². The van der Waals surface area contributed by atoms with Crippen molar-refractivity contribution in [2.45, 2.75) is 71.8 Å². The van der Waals surface area contributed by atoms with Crippen LogP contribution in [0.4, 0.5) is 8.78 Å². The van der Waals surface area contributed by atoms with Gasteiger partial charge in [0.05, 0.1) is 6.10 Å². The molecule has 0 spiro atoms. The van der Waals surface area contributed by atoms with E-state index in [9.17, 15) is 8.78 Å². The summed E-state index contributed by atoms with van der Waals surface area (Å²) < 4.78 is 28.8. The maximum Gasteiger partial charge on any atom is 0.245 e. The summed E-state index contributed by atoms with van der Waals surface area (Å²) in [4.78, 5) is 0. The van der Waals surface area contributed by atoms with Crippen LogP contribution in [-0.2, 0) is 4.74 Å². The molecule has 3 heteroatoms. The summed E-state index contributed by atoms with van der Waals surface area (Å²) in [7, 11) is 1.75. The molecule has 94 valence electrons. The largest absolute Gasteiger partial charge is 0.382 e. The van der Waals surface area contributed by atoms with Crippen molar-refractivity contribution >= 4 is 0 Å². The van der Waals surface area contributed by atoms with Crippen LogP contribution in [0.25, 0.3) is 0 Å².